The number of ether oxygens (including phenoxy) is 3. The Morgan fingerprint density at radius 3 is 2.69 bits per heavy atom. The van der Waals surface area contributed by atoms with Gasteiger partial charge in [0.25, 0.3) is 0 Å². The maximum absolute atomic E-state index is 13.7. The van der Waals surface area contributed by atoms with Crippen LogP contribution in [0.3, 0.4) is 0 Å². The first-order chi connectivity index (χ1) is 12.6. The van der Waals surface area contributed by atoms with Crippen LogP contribution in [0.5, 0.6) is 17.2 Å². The fraction of sp³-hybridized carbons (Fsp3) is 0.250. The quantitative estimate of drug-likeness (QED) is 0.832. The molecule has 0 aromatic heterocycles. The summed E-state index contributed by atoms with van der Waals surface area (Å²) in [5.41, 5.74) is 1.48. The predicted molar refractivity (Wildman–Crippen MR) is 96.0 cm³/mol. The van der Waals surface area contributed by atoms with E-state index in [0.29, 0.717) is 30.3 Å². The second-order valence-electron chi connectivity index (χ2n) is 5.86. The van der Waals surface area contributed by atoms with Gasteiger partial charge in [0.15, 0.2) is 23.1 Å². The van der Waals surface area contributed by atoms with E-state index in [1.54, 1.807) is 12.1 Å². The molecule has 0 fully saturated rings. The van der Waals surface area contributed by atoms with Gasteiger partial charge in [0.1, 0.15) is 13.2 Å². The first kappa shape index (κ1) is 17.8. The molecular formula is C20H20FNO4. The second kappa shape index (κ2) is 7.91. The normalized spacial score (nSPS) is 14.1. The van der Waals surface area contributed by atoms with E-state index in [1.807, 2.05) is 25.1 Å². The topological polar surface area (TPSA) is 56.8 Å². The highest BCUT2D eigenvalue weighted by Crippen LogP contribution is 2.32. The standard InChI is InChI=1S/C20H20FNO4/c1-13(15-5-7-18-19(12-15)26-10-9-25-18)22-20(23)8-4-14-3-6-17(24-2)16(21)11-14/h3-8,11-13H,9-10H2,1-2H3,(H,22,23). The van der Waals surface area contributed by atoms with E-state index in [0.717, 1.165) is 5.56 Å². The smallest absolute Gasteiger partial charge is 0.244 e. The fourth-order valence-electron chi connectivity index (χ4n) is 2.63. The Balaban J connectivity index is 1.63. The van der Waals surface area contributed by atoms with Crippen molar-refractivity contribution in [3.8, 4) is 17.2 Å². The number of fused-ring (bicyclic) bond motifs is 1. The number of halogens is 1. The summed E-state index contributed by atoms with van der Waals surface area (Å²) in [6, 6.07) is 9.88. The molecule has 1 unspecified atom stereocenters. The van der Waals surface area contributed by atoms with Crippen LogP contribution in [-0.4, -0.2) is 26.2 Å². The lowest BCUT2D eigenvalue weighted by Crippen LogP contribution is -2.25. The number of benzene rings is 2. The third-order valence-corrected chi connectivity index (χ3v) is 4.03. The Morgan fingerprint density at radius 2 is 1.96 bits per heavy atom. The second-order valence-corrected chi connectivity index (χ2v) is 5.86. The molecule has 0 saturated heterocycles. The Morgan fingerprint density at radius 1 is 1.19 bits per heavy atom. The molecule has 0 bridgehead atoms. The molecule has 2 aromatic carbocycles. The zero-order valence-corrected chi connectivity index (χ0v) is 14.6. The largest absolute Gasteiger partial charge is 0.494 e. The summed E-state index contributed by atoms with van der Waals surface area (Å²) in [5.74, 6) is 0.807. The highest BCUT2D eigenvalue weighted by molar-refractivity contribution is 5.92. The molecule has 0 radical (unpaired) electrons. The molecule has 3 rings (SSSR count). The van der Waals surface area contributed by atoms with Gasteiger partial charge < -0.3 is 19.5 Å². The van der Waals surface area contributed by atoms with E-state index in [2.05, 4.69) is 5.32 Å². The minimum absolute atomic E-state index is 0.166. The molecule has 1 aliphatic heterocycles. The third-order valence-electron chi connectivity index (χ3n) is 4.03. The zero-order chi connectivity index (χ0) is 18.5. The van der Waals surface area contributed by atoms with Crippen LogP contribution in [0.2, 0.25) is 0 Å². The van der Waals surface area contributed by atoms with E-state index in [9.17, 15) is 9.18 Å². The van der Waals surface area contributed by atoms with Crippen LogP contribution in [0.4, 0.5) is 4.39 Å². The number of hydrogen-bond donors (Lipinski definition) is 1. The average molecular weight is 357 g/mol. The molecule has 1 heterocycles. The summed E-state index contributed by atoms with van der Waals surface area (Å²) in [6.45, 7) is 2.93. The maximum atomic E-state index is 13.7. The molecule has 1 N–H and O–H groups in total. The lowest BCUT2D eigenvalue weighted by atomic mass is 10.1. The van der Waals surface area contributed by atoms with Gasteiger partial charge in [-0.1, -0.05) is 12.1 Å². The Hall–Kier alpha value is -3.02. The summed E-state index contributed by atoms with van der Waals surface area (Å²) in [6.07, 6.45) is 2.92. The molecular weight excluding hydrogens is 337 g/mol. The maximum Gasteiger partial charge on any atom is 0.244 e. The summed E-state index contributed by atoms with van der Waals surface area (Å²) in [7, 11) is 1.40. The van der Waals surface area contributed by atoms with Crippen molar-refractivity contribution in [2.75, 3.05) is 20.3 Å². The van der Waals surface area contributed by atoms with Crippen molar-refractivity contribution in [1.29, 1.82) is 0 Å². The van der Waals surface area contributed by atoms with E-state index in [1.165, 1.54) is 25.3 Å². The van der Waals surface area contributed by atoms with Crippen LogP contribution < -0.4 is 19.5 Å². The summed E-state index contributed by atoms with van der Waals surface area (Å²) in [5, 5.41) is 2.87. The van der Waals surface area contributed by atoms with Gasteiger partial charge in [0, 0.05) is 6.08 Å². The van der Waals surface area contributed by atoms with Gasteiger partial charge in [0.2, 0.25) is 5.91 Å². The van der Waals surface area contributed by atoms with Gasteiger partial charge >= 0.3 is 0 Å². The lowest BCUT2D eigenvalue weighted by molar-refractivity contribution is -0.117. The number of carbonyl (C=O) groups is 1. The minimum Gasteiger partial charge on any atom is -0.494 e. The molecule has 1 atom stereocenters. The van der Waals surface area contributed by atoms with Gasteiger partial charge in [-0.3, -0.25) is 4.79 Å². The summed E-state index contributed by atoms with van der Waals surface area (Å²) >= 11 is 0. The van der Waals surface area contributed by atoms with Crippen molar-refractivity contribution >= 4 is 12.0 Å². The van der Waals surface area contributed by atoms with E-state index >= 15 is 0 Å². The summed E-state index contributed by atoms with van der Waals surface area (Å²) < 4.78 is 29.6. The molecule has 26 heavy (non-hydrogen) atoms. The molecule has 0 aliphatic carbocycles. The number of carbonyl (C=O) groups excluding carboxylic acids is 1. The molecule has 5 nitrogen and oxygen atoms in total. The zero-order valence-electron chi connectivity index (χ0n) is 14.6. The molecule has 1 aliphatic rings. The predicted octanol–water partition coefficient (Wildman–Crippen LogP) is 3.50. The van der Waals surface area contributed by atoms with Crippen LogP contribution in [-0.2, 0) is 4.79 Å². The molecule has 0 saturated carbocycles. The van der Waals surface area contributed by atoms with Crippen molar-refractivity contribution < 1.29 is 23.4 Å². The Bertz CT molecular complexity index is 835. The van der Waals surface area contributed by atoms with Gasteiger partial charge in [0.05, 0.1) is 13.2 Å². The highest BCUT2D eigenvalue weighted by atomic mass is 19.1. The first-order valence-electron chi connectivity index (χ1n) is 8.28. The molecule has 2 aromatic rings. The minimum atomic E-state index is -0.472. The molecule has 1 amide bonds. The average Bonchev–Trinajstić information content (AvgIpc) is 2.66. The molecule has 6 heteroatoms. The third kappa shape index (κ3) is 4.14. The van der Waals surface area contributed by atoms with Crippen molar-refractivity contribution in [3.05, 3.63) is 59.4 Å². The van der Waals surface area contributed by atoms with Gasteiger partial charge in [-0.25, -0.2) is 4.39 Å². The number of nitrogens with one attached hydrogen (secondary N) is 1. The monoisotopic (exact) mass is 357 g/mol. The Kier molecular flexibility index (Phi) is 5.41. The lowest BCUT2D eigenvalue weighted by Gasteiger charge is -2.20. The van der Waals surface area contributed by atoms with Crippen molar-refractivity contribution in [2.45, 2.75) is 13.0 Å². The van der Waals surface area contributed by atoms with Crippen LogP contribution in [0, 0.1) is 5.82 Å². The number of hydrogen-bond acceptors (Lipinski definition) is 4. The van der Waals surface area contributed by atoms with Crippen LogP contribution >= 0.6 is 0 Å². The van der Waals surface area contributed by atoms with E-state index < -0.39 is 5.82 Å². The Labute approximate surface area is 151 Å². The molecule has 136 valence electrons. The van der Waals surface area contributed by atoms with E-state index in [-0.39, 0.29) is 17.7 Å². The molecule has 0 spiro atoms. The van der Waals surface area contributed by atoms with E-state index in [4.69, 9.17) is 14.2 Å². The van der Waals surface area contributed by atoms with Gasteiger partial charge in [-0.15, -0.1) is 0 Å². The summed E-state index contributed by atoms with van der Waals surface area (Å²) in [4.78, 5) is 12.1. The van der Waals surface area contributed by atoms with Gasteiger partial charge in [-0.2, -0.15) is 0 Å². The van der Waals surface area contributed by atoms with Crippen LogP contribution in [0.15, 0.2) is 42.5 Å². The van der Waals surface area contributed by atoms with Crippen molar-refractivity contribution in [1.82, 2.24) is 5.32 Å². The highest BCUT2D eigenvalue weighted by Gasteiger charge is 2.15. The van der Waals surface area contributed by atoms with Crippen LogP contribution in [0.1, 0.15) is 24.1 Å². The number of rotatable bonds is 5. The van der Waals surface area contributed by atoms with Gasteiger partial charge in [-0.05, 0) is 48.4 Å². The van der Waals surface area contributed by atoms with Crippen LogP contribution in [0.25, 0.3) is 6.08 Å². The first-order valence-corrected chi connectivity index (χ1v) is 8.28. The SMILES string of the molecule is COc1ccc(C=CC(=O)NC(C)c2ccc3c(c2)OCCO3)cc1F. The van der Waals surface area contributed by atoms with Crippen molar-refractivity contribution in [3.63, 3.8) is 0 Å². The van der Waals surface area contributed by atoms with Crippen molar-refractivity contribution in [2.24, 2.45) is 0 Å². The number of amides is 1. The fourth-order valence-corrected chi connectivity index (χ4v) is 2.63. The number of methoxy groups -OCH3 is 1.